The molecule has 3 saturated heterocycles. The lowest BCUT2D eigenvalue weighted by molar-refractivity contribution is 0.213. The number of hydrogen-bond donors (Lipinski definition) is 0. The molecule has 3 fully saturated rings. The molecule has 44 heavy (non-hydrogen) atoms. The van der Waals surface area contributed by atoms with Crippen LogP contribution < -0.4 is 4.90 Å². The third kappa shape index (κ3) is 5.31. The molecule has 3 aliphatic heterocycles. The van der Waals surface area contributed by atoms with Crippen LogP contribution in [0, 0.1) is 5.92 Å². The van der Waals surface area contributed by atoms with E-state index in [1.54, 1.807) is 0 Å². The maximum atomic E-state index is 14.4. The average molecular weight is 590 g/mol. The lowest BCUT2D eigenvalue weighted by Gasteiger charge is -2.34. The third-order valence-corrected chi connectivity index (χ3v) is 10.9. The number of benzene rings is 3. The Morgan fingerprint density at radius 1 is 0.636 bits per heavy atom. The summed E-state index contributed by atoms with van der Waals surface area (Å²) in [5, 5.41) is 0. The fourth-order valence-corrected chi connectivity index (χ4v) is 8.78. The van der Waals surface area contributed by atoms with Crippen molar-refractivity contribution in [2.24, 2.45) is 5.92 Å². The van der Waals surface area contributed by atoms with Gasteiger partial charge in [-0.05, 0) is 81.6 Å². The molecular formula is C40H52BNO2. The lowest BCUT2D eigenvalue weighted by Crippen LogP contribution is -2.45. The van der Waals surface area contributed by atoms with E-state index in [-0.39, 0.29) is 19.0 Å². The molecule has 3 heterocycles. The molecule has 0 unspecified atom stereocenters. The molecule has 3 nitrogen and oxygen atoms in total. The van der Waals surface area contributed by atoms with E-state index < -0.39 is 0 Å². The van der Waals surface area contributed by atoms with Gasteiger partial charge in [0.15, 0.2) is 0 Å². The van der Waals surface area contributed by atoms with Crippen molar-refractivity contribution >= 4 is 18.7 Å². The van der Waals surface area contributed by atoms with Crippen LogP contribution in [-0.2, 0) is 4.65 Å². The summed E-state index contributed by atoms with van der Waals surface area (Å²) in [6.07, 6.45) is 7.05. The van der Waals surface area contributed by atoms with Gasteiger partial charge in [-0.1, -0.05) is 136 Å². The first-order chi connectivity index (χ1) is 21.1. The summed E-state index contributed by atoms with van der Waals surface area (Å²) in [5.74, 6) is 2.42. The van der Waals surface area contributed by atoms with Gasteiger partial charge >= 0.3 is 13.0 Å². The first kappa shape index (κ1) is 31.0. The van der Waals surface area contributed by atoms with Crippen LogP contribution in [0.1, 0.15) is 140 Å². The second-order valence-corrected chi connectivity index (χ2v) is 15.0. The molecule has 232 valence electrons. The van der Waals surface area contributed by atoms with Gasteiger partial charge in [-0.3, -0.25) is 4.90 Å². The Labute approximate surface area is 266 Å². The first-order valence-electron chi connectivity index (χ1n) is 17.5. The van der Waals surface area contributed by atoms with E-state index in [9.17, 15) is 4.79 Å². The Morgan fingerprint density at radius 3 is 1.45 bits per heavy atom. The van der Waals surface area contributed by atoms with Crippen LogP contribution in [0.25, 0.3) is 22.3 Å². The Hall–Kier alpha value is -3.01. The first-order valence-corrected chi connectivity index (χ1v) is 17.5. The minimum absolute atomic E-state index is 0.0202. The summed E-state index contributed by atoms with van der Waals surface area (Å²) >= 11 is 0. The molecule has 3 aromatic rings. The molecule has 4 heteroatoms. The quantitative estimate of drug-likeness (QED) is 0.257. The average Bonchev–Trinajstić information content (AvgIpc) is 3.11. The molecule has 1 amide bonds. The fraction of sp³-hybridized carbons (Fsp3) is 0.525. The number of rotatable bonds is 7. The highest BCUT2D eigenvalue weighted by molar-refractivity contribution is 6.61. The van der Waals surface area contributed by atoms with Crippen LogP contribution in [-0.4, -0.2) is 19.0 Å². The SMILES string of the molecule is CC(C)c1cccc(C(C)C)c1-c1cccc(-c2c(C(C)C)cccc2C(C)C)c1N1C(=O)OB2C3CCCC(CCC3)[C@@H]21. The second kappa shape index (κ2) is 12.4. The van der Waals surface area contributed by atoms with Gasteiger partial charge in [-0.25, -0.2) is 4.79 Å². The maximum Gasteiger partial charge on any atom is 0.396 e. The van der Waals surface area contributed by atoms with Crippen LogP contribution in [0.15, 0.2) is 54.6 Å². The van der Waals surface area contributed by atoms with Gasteiger partial charge in [0.25, 0.3) is 0 Å². The van der Waals surface area contributed by atoms with Crippen molar-refractivity contribution < 1.29 is 9.45 Å². The van der Waals surface area contributed by atoms with Crippen molar-refractivity contribution in [3.8, 4) is 22.3 Å². The standard InChI is InChI=1S/C40H52BNO2/c1-24(2)30-18-11-19-31(25(3)4)36(30)34-22-13-23-35(37-32(26(5)6)20-12-21-33(37)27(7)8)38(34)42-39-28-14-9-16-29(17-10-15-28)41(39)44-40(42)43/h11-13,18-29,39H,9-10,14-17H2,1-8H3/t28?,29?,39-/m0/s1. The second-order valence-electron chi connectivity index (χ2n) is 15.0. The van der Waals surface area contributed by atoms with Gasteiger partial charge < -0.3 is 4.65 Å². The smallest absolute Gasteiger partial charge is 0.396 e. The monoisotopic (exact) mass is 589 g/mol. The van der Waals surface area contributed by atoms with Crippen molar-refractivity contribution in [2.75, 3.05) is 4.90 Å². The molecule has 0 spiro atoms. The highest BCUT2D eigenvalue weighted by Gasteiger charge is 2.56. The predicted octanol–water partition coefficient (Wildman–Crippen LogP) is 11.7. The summed E-state index contributed by atoms with van der Waals surface area (Å²) in [5.41, 5.74) is 11.4. The van der Waals surface area contributed by atoms with Crippen LogP contribution in [0.4, 0.5) is 10.5 Å². The zero-order valence-electron chi connectivity index (χ0n) is 28.3. The molecule has 3 aliphatic rings. The third-order valence-electron chi connectivity index (χ3n) is 10.9. The minimum Gasteiger partial charge on any atom is -0.518 e. The van der Waals surface area contributed by atoms with Crippen LogP contribution in [0.3, 0.4) is 0 Å². The number of anilines is 1. The largest absolute Gasteiger partial charge is 0.518 e. The molecule has 6 rings (SSSR count). The van der Waals surface area contributed by atoms with Gasteiger partial charge in [0, 0.05) is 11.1 Å². The number of nitrogens with zero attached hydrogens (tertiary/aromatic N) is 1. The van der Waals surface area contributed by atoms with E-state index >= 15 is 0 Å². The van der Waals surface area contributed by atoms with Crippen molar-refractivity contribution in [3.05, 3.63) is 76.9 Å². The highest BCUT2D eigenvalue weighted by atomic mass is 16.5. The topological polar surface area (TPSA) is 29.5 Å². The Balaban J connectivity index is 1.73. The molecule has 0 radical (unpaired) electrons. The normalized spacial score (nSPS) is 21.8. The summed E-state index contributed by atoms with van der Waals surface area (Å²) in [6.45, 7) is 18.4. The molecule has 2 bridgehead atoms. The van der Waals surface area contributed by atoms with Crippen LogP contribution >= 0.6 is 0 Å². The molecule has 1 atom stereocenters. The van der Waals surface area contributed by atoms with Gasteiger partial charge in [-0.15, -0.1) is 0 Å². The van der Waals surface area contributed by atoms with E-state index in [0.29, 0.717) is 35.4 Å². The van der Waals surface area contributed by atoms with Crippen molar-refractivity contribution in [1.29, 1.82) is 0 Å². The number of carbonyl (C=O) groups excluding carboxylic acids is 1. The molecule has 0 aliphatic carbocycles. The van der Waals surface area contributed by atoms with Crippen LogP contribution in [0.5, 0.6) is 0 Å². The number of hydrogen-bond acceptors (Lipinski definition) is 2. The minimum atomic E-state index is -0.145. The zero-order valence-corrected chi connectivity index (χ0v) is 28.3. The zero-order chi connectivity index (χ0) is 31.3. The lowest BCUT2D eigenvalue weighted by atomic mass is 9.48. The van der Waals surface area contributed by atoms with Gasteiger partial charge in [-0.2, -0.15) is 0 Å². The van der Waals surface area contributed by atoms with E-state index in [1.807, 2.05) is 0 Å². The van der Waals surface area contributed by atoms with Gasteiger partial charge in [0.1, 0.15) is 0 Å². The van der Waals surface area contributed by atoms with E-state index in [2.05, 4.69) is 115 Å². The Morgan fingerprint density at radius 2 is 1.05 bits per heavy atom. The van der Waals surface area contributed by atoms with E-state index in [0.717, 1.165) is 5.69 Å². The highest BCUT2D eigenvalue weighted by Crippen LogP contribution is 2.53. The number of para-hydroxylation sites is 1. The maximum absolute atomic E-state index is 14.4. The molecule has 0 N–H and O–H groups in total. The Bertz CT molecular complexity index is 1380. The Kier molecular flexibility index (Phi) is 8.74. The summed E-state index contributed by atoms with van der Waals surface area (Å²) in [4.78, 5) is 16.6. The summed E-state index contributed by atoms with van der Waals surface area (Å²) in [6, 6.07) is 20.5. The summed E-state index contributed by atoms with van der Waals surface area (Å²) < 4.78 is 6.51. The van der Waals surface area contributed by atoms with Gasteiger partial charge in [0.05, 0.1) is 11.6 Å². The molecular weight excluding hydrogens is 537 g/mol. The van der Waals surface area contributed by atoms with Crippen molar-refractivity contribution in [2.45, 2.75) is 129 Å². The predicted molar refractivity (Wildman–Crippen MR) is 187 cm³/mol. The summed E-state index contributed by atoms with van der Waals surface area (Å²) in [7, 11) is 0. The fourth-order valence-electron chi connectivity index (χ4n) is 8.78. The van der Waals surface area contributed by atoms with E-state index in [4.69, 9.17) is 4.65 Å². The molecule has 0 aromatic heterocycles. The van der Waals surface area contributed by atoms with Crippen LogP contribution in [0.2, 0.25) is 5.82 Å². The number of carbonyl (C=O) groups is 1. The molecule has 0 saturated carbocycles. The molecule has 3 aromatic carbocycles. The van der Waals surface area contributed by atoms with Crippen molar-refractivity contribution in [3.63, 3.8) is 0 Å². The van der Waals surface area contributed by atoms with E-state index in [1.165, 1.54) is 83.0 Å². The van der Waals surface area contributed by atoms with Crippen molar-refractivity contribution in [1.82, 2.24) is 0 Å². The number of amides is 1. The van der Waals surface area contributed by atoms with Gasteiger partial charge in [0.2, 0.25) is 0 Å².